The number of carboxylic acid groups (broad SMARTS) is 1. The molecule has 0 aromatic rings. The fourth-order valence-corrected chi connectivity index (χ4v) is 1.67. The molecule has 0 saturated heterocycles. The number of allylic oxidation sites excluding steroid dienone is 1. The van der Waals surface area contributed by atoms with E-state index in [4.69, 9.17) is 27.5 Å². The Labute approximate surface area is 93.4 Å². The predicted molar refractivity (Wildman–Crippen MR) is 60.7 cm³/mol. The fourth-order valence-electron chi connectivity index (χ4n) is 1.51. The molecule has 0 spiro atoms. The third kappa shape index (κ3) is 3.21. The van der Waals surface area contributed by atoms with Gasteiger partial charge >= 0.3 is 5.97 Å². The summed E-state index contributed by atoms with van der Waals surface area (Å²) in [5.74, 6) is -1.05. The van der Waals surface area contributed by atoms with Crippen LogP contribution in [-0.2, 0) is 9.53 Å². The molecule has 1 rings (SSSR count). The van der Waals surface area contributed by atoms with Crippen molar-refractivity contribution in [2.24, 2.45) is 0 Å². The molecule has 0 bridgehead atoms. The van der Waals surface area contributed by atoms with E-state index in [1.807, 2.05) is 6.08 Å². The van der Waals surface area contributed by atoms with Gasteiger partial charge in [-0.1, -0.05) is 18.3 Å². The zero-order valence-electron chi connectivity index (χ0n) is 8.45. The van der Waals surface area contributed by atoms with E-state index < -0.39 is 5.97 Å². The van der Waals surface area contributed by atoms with Gasteiger partial charge in [-0.3, -0.25) is 0 Å². The monoisotopic (exact) mass is 227 g/mol. The van der Waals surface area contributed by atoms with Gasteiger partial charge in [0, 0.05) is 32.1 Å². The maximum atomic E-state index is 10.6. The minimum Gasteiger partial charge on any atom is -0.477 e. The van der Waals surface area contributed by atoms with Crippen LogP contribution >= 0.6 is 12.2 Å². The first-order valence-electron chi connectivity index (χ1n) is 4.58. The summed E-state index contributed by atoms with van der Waals surface area (Å²) < 4.78 is 5.19. The minimum absolute atomic E-state index is 0.00303. The summed E-state index contributed by atoms with van der Waals surface area (Å²) in [5, 5.41) is 16.2. The highest BCUT2D eigenvalue weighted by Crippen LogP contribution is 2.22. The molecular formula is C10H13NO3S. The van der Waals surface area contributed by atoms with Crippen LogP contribution in [0.25, 0.3) is 0 Å². The van der Waals surface area contributed by atoms with Crippen molar-refractivity contribution < 1.29 is 14.6 Å². The maximum absolute atomic E-state index is 10.6. The first kappa shape index (κ1) is 12.0. The van der Waals surface area contributed by atoms with Crippen molar-refractivity contribution in [2.45, 2.75) is 25.4 Å². The van der Waals surface area contributed by atoms with Crippen molar-refractivity contribution in [3.8, 4) is 0 Å². The van der Waals surface area contributed by atoms with Gasteiger partial charge in [-0.25, -0.2) is 4.79 Å². The maximum Gasteiger partial charge on any atom is 0.342 e. The van der Waals surface area contributed by atoms with Crippen molar-refractivity contribution >= 4 is 28.8 Å². The second kappa shape index (κ2) is 5.14. The smallest absolute Gasteiger partial charge is 0.342 e. The molecule has 1 atom stereocenters. The molecule has 0 aliphatic heterocycles. The fraction of sp³-hybridized carbons (Fsp3) is 0.500. The van der Waals surface area contributed by atoms with Crippen LogP contribution in [0, 0.1) is 5.41 Å². The zero-order chi connectivity index (χ0) is 11.4. The molecule has 0 aromatic heterocycles. The number of methoxy groups -OCH3 is 1. The van der Waals surface area contributed by atoms with Crippen molar-refractivity contribution in [3.63, 3.8) is 0 Å². The van der Waals surface area contributed by atoms with E-state index in [1.54, 1.807) is 7.11 Å². The van der Waals surface area contributed by atoms with Gasteiger partial charge in [-0.2, -0.15) is 0 Å². The summed E-state index contributed by atoms with van der Waals surface area (Å²) in [6.45, 7) is 0. The third-order valence-corrected chi connectivity index (χ3v) is 2.66. The van der Waals surface area contributed by atoms with Gasteiger partial charge in [0.05, 0.1) is 6.10 Å². The van der Waals surface area contributed by atoms with Crippen molar-refractivity contribution in [3.05, 3.63) is 11.6 Å². The number of carbonyl (C=O) groups is 1. The van der Waals surface area contributed by atoms with Crippen molar-refractivity contribution in [2.75, 3.05) is 7.11 Å². The average molecular weight is 227 g/mol. The zero-order valence-corrected chi connectivity index (χ0v) is 9.26. The van der Waals surface area contributed by atoms with E-state index >= 15 is 0 Å². The summed E-state index contributed by atoms with van der Waals surface area (Å²) in [6, 6.07) is 0. The molecule has 82 valence electrons. The van der Waals surface area contributed by atoms with Crippen molar-refractivity contribution in [1.82, 2.24) is 0 Å². The van der Waals surface area contributed by atoms with Gasteiger partial charge < -0.3 is 15.3 Å². The summed E-state index contributed by atoms with van der Waals surface area (Å²) >= 11 is 4.74. The molecule has 0 aromatic carbocycles. The topological polar surface area (TPSA) is 70.4 Å². The number of nitrogens with one attached hydrogen (secondary N) is 1. The Balaban J connectivity index is 2.71. The Hall–Kier alpha value is -1.07. The summed E-state index contributed by atoms with van der Waals surface area (Å²) in [5.41, 5.74) is 1.48. The molecule has 2 N–H and O–H groups in total. The van der Waals surface area contributed by atoms with Crippen LogP contribution in [0.1, 0.15) is 19.3 Å². The molecule has 0 radical (unpaired) electrons. The molecule has 1 aliphatic carbocycles. The molecule has 4 nitrogen and oxygen atoms in total. The average Bonchev–Trinajstić information content (AvgIpc) is 2.20. The first-order valence-corrected chi connectivity index (χ1v) is 4.99. The second-order valence-electron chi connectivity index (χ2n) is 3.42. The Morgan fingerprint density at radius 2 is 2.47 bits per heavy atom. The number of aliphatic carboxylic acids is 1. The number of thiocarbonyl (C=S) groups is 1. The Morgan fingerprint density at radius 1 is 1.80 bits per heavy atom. The van der Waals surface area contributed by atoms with Gasteiger partial charge in [-0.05, 0) is 5.57 Å². The second-order valence-corrected chi connectivity index (χ2v) is 3.91. The first-order chi connectivity index (χ1) is 7.04. The highest BCUT2D eigenvalue weighted by atomic mass is 32.1. The lowest BCUT2D eigenvalue weighted by molar-refractivity contribution is -0.129. The Morgan fingerprint density at radius 3 is 3.00 bits per heavy atom. The quantitative estimate of drug-likeness (QED) is 0.565. The van der Waals surface area contributed by atoms with Gasteiger partial charge in [0.15, 0.2) is 0 Å². The molecule has 1 aliphatic rings. The lowest BCUT2D eigenvalue weighted by Gasteiger charge is -2.23. The molecular weight excluding hydrogens is 214 g/mol. The van der Waals surface area contributed by atoms with Crippen LogP contribution in [0.2, 0.25) is 0 Å². The van der Waals surface area contributed by atoms with Gasteiger partial charge in [0.25, 0.3) is 0 Å². The molecule has 1 unspecified atom stereocenters. The van der Waals surface area contributed by atoms with E-state index in [9.17, 15) is 4.79 Å². The summed E-state index contributed by atoms with van der Waals surface area (Å²) in [4.78, 5) is 10.6. The van der Waals surface area contributed by atoms with Crippen LogP contribution < -0.4 is 0 Å². The number of carboxylic acids is 1. The molecule has 0 fully saturated rings. The lowest BCUT2D eigenvalue weighted by atomic mass is 9.92. The number of hydrogen-bond acceptors (Lipinski definition) is 4. The number of ether oxygens (including phenoxy) is 1. The van der Waals surface area contributed by atoms with Crippen LogP contribution in [0.4, 0.5) is 0 Å². The van der Waals surface area contributed by atoms with E-state index in [-0.39, 0.29) is 17.4 Å². The lowest BCUT2D eigenvalue weighted by Crippen LogP contribution is -2.25. The number of hydrogen-bond donors (Lipinski definition) is 2. The van der Waals surface area contributed by atoms with E-state index in [0.29, 0.717) is 18.6 Å². The standard InChI is InChI=1S/C10H13NO3S/c1-14-8-5-7(11)3-2-6(8)4-9(15)10(12)13/h2,8,11H,3-5H2,1H3,(H,12,13). The van der Waals surface area contributed by atoms with Gasteiger partial charge in [0.2, 0.25) is 0 Å². The van der Waals surface area contributed by atoms with Gasteiger partial charge in [-0.15, -0.1) is 0 Å². The van der Waals surface area contributed by atoms with E-state index in [1.165, 1.54) is 0 Å². The number of rotatable bonds is 4. The summed E-state index contributed by atoms with van der Waals surface area (Å²) in [6.07, 6.45) is 3.00. The molecule has 0 saturated carbocycles. The molecule has 0 amide bonds. The van der Waals surface area contributed by atoms with Crippen LogP contribution in [0.5, 0.6) is 0 Å². The predicted octanol–water partition coefficient (Wildman–Crippen LogP) is 1.59. The third-order valence-electron chi connectivity index (χ3n) is 2.34. The molecule has 15 heavy (non-hydrogen) atoms. The SMILES string of the molecule is COC1CC(=N)CC=C1CC(=S)C(=O)O. The van der Waals surface area contributed by atoms with Crippen LogP contribution in [0.15, 0.2) is 11.6 Å². The van der Waals surface area contributed by atoms with E-state index in [0.717, 1.165) is 5.57 Å². The Kier molecular flexibility index (Phi) is 4.11. The van der Waals surface area contributed by atoms with Crippen molar-refractivity contribution in [1.29, 1.82) is 5.41 Å². The van der Waals surface area contributed by atoms with Crippen LogP contribution in [0.3, 0.4) is 0 Å². The summed E-state index contributed by atoms with van der Waals surface area (Å²) in [7, 11) is 1.56. The highest BCUT2D eigenvalue weighted by molar-refractivity contribution is 7.82. The Bertz CT molecular complexity index is 336. The van der Waals surface area contributed by atoms with Crippen LogP contribution in [-0.4, -0.2) is 34.9 Å². The molecule has 0 heterocycles. The normalized spacial score (nSPS) is 21.0. The molecule has 5 heteroatoms. The minimum atomic E-state index is -1.05. The van der Waals surface area contributed by atoms with Gasteiger partial charge in [0.1, 0.15) is 4.86 Å². The largest absolute Gasteiger partial charge is 0.477 e. The van der Waals surface area contributed by atoms with E-state index in [2.05, 4.69) is 0 Å². The highest BCUT2D eigenvalue weighted by Gasteiger charge is 2.22.